The van der Waals surface area contributed by atoms with E-state index in [0.717, 1.165) is 12.8 Å². The summed E-state index contributed by atoms with van der Waals surface area (Å²) >= 11 is 0. The Hall–Kier alpha value is -2.34. The molecule has 0 bridgehead atoms. The lowest BCUT2D eigenvalue weighted by Gasteiger charge is -2.17. The van der Waals surface area contributed by atoms with Gasteiger partial charge in [-0.05, 0) is 71.2 Å². The molecule has 0 heterocycles. The Morgan fingerprint density at radius 3 is 1.25 bits per heavy atom. The SMILES string of the molecule is CCc1ccccc1-c1ccc(-c2ccccc2CC)c(C)c1C. The fourth-order valence-electron chi connectivity index (χ4n) is 3.59. The van der Waals surface area contributed by atoms with Crippen molar-refractivity contribution in [3.63, 3.8) is 0 Å². The summed E-state index contributed by atoms with van der Waals surface area (Å²) in [6.07, 6.45) is 2.13. The molecule has 0 spiro atoms. The molecule has 0 aromatic heterocycles. The van der Waals surface area contributed by atoms with E-state index in [9.17, 15) is 0 Å². The van der Waals surface area contributed by atoms with Crippen LogP contribution in [0.1, 0.15) is 36.1 Å². The predicted octanol–water partition coefficient (Wildman–Crippen LogP) is 6.76. The molecule has 0 aliphatic heterocycles. The summed E-state index contributed by atoms with van der Waals surface area (Å²) in [5.74, 6) is 0. The second-order valence-electron chi connectivity index (χ2n) is 6.43. The lowest BCUT2D eigenvalue weighted by atomic mass is 9.87. The molecule has 0 atom stereocenters. The molecule has 0 fully saturated rings. The van der Waals surface area contributed by atoms with Gasteiger partial charge in [0.05, 0.1) is 0 Å². The fraction of sp³-hybridized carbons (Fsp3) is 0.250. The van der Waals surface area contributed by atoms with Crippen LogP contribution < -0.4 is 0 Å². The van der Waals surface area contributed by atoms with Gasteiger partial charge in [-0.15, -0.1) is 0 Å². The van der Waals surface area contributed by atoms with Crippen molar-refractivity contribution in [3.8, 4) is 22.3 Å². The standard InChI is InChI=1S/C24H26/c1-5-19-11-7-9-13-23(19)21-15-16-22(18(4)17(21)3)24-14-10-8-12-20(24)6-2/h7-16H,5-6H2,1-4H3. The van der Waals surface area contributed by atoms with Crippen LogP contribution in [0.5, 0.6) is 0 Å². The van der Waals surface area contributed by atoms with Gasteiger partial charge in [-0.1, -0.05) is 74.5 Å². The zero-order valence-corrected chi connectivity index (χ0v) is 15.2. The predicted molar refractivity (Wildman–Crippen MR) is 106 cm³/mol. The number of hydrogen-bond acceptors (Lipinski definition) is 0. The Labute approximate surface area is 146 Å². The van der Waals surface area contributed by atoms with Crippen molar-refractivity contribution in [2.24, 2.45) is 0 Å². The third kappa shape index (κ3) is 2.89. The van der Waals surface area contributed by atoms with Gasteiger partial charge < -0.3 is 0 Å². The molecule has 0 N–H and O–H groups in total. The van der Waals surface area contributed by atoms with Gasteiger partial charge in [0.2, 0.25) is 0 Å². The lowest BCUT2D eigenvalue weighted by Crippen LogP contribution is -1.96. The van der Waals surface area contributed by atoms with Crippen LogP contribution in [0.15, 0.2) is 60.7 Å². The number of benzene rings is 3. The van der Waals surface area contributed by atoms with Crippen molar-refractivity contribution < 1.29 is 0 Å². The molecule has 0 radical (unpaired) electrons. The van der Waals surface area contributed by atoms with Crippen molar-refractivity contribution in [2.45, 2.75) is 40.5 Å². The van der Waals surface area contributed by atoms with E-state index in [0.29, 0.717) is 0 Å². The van der Waals surface area contributed by atoms with Crippen molar-refractivity contribution in [1.82, 2.24) is 0 Å². The van der Waals surface area contributed by atoms with Gasteiger partial charge in [-0.2, -0.15) is 0 Å². The Morgan fingerprint density at radius 1 is 0.500 bits per heavy atom. The first-order valence-electron chi connectivity index (χ1n) is 8.94. The molecule has 0 saturated carbocycles. The van der Waals surface area contributed by atoms with Crippen molar-refractivity contribution in [3.05, 3.63) is 82.9 Å². The van der Waals surface area contributed by atoms with E-state index in [1.54, 1.807) is 0 Å². The molecular formula is C24H26. The van der Waals surface area contributed by atoms with E-state index >= 15 is 0 Å². The molecular weight excluding hydrogens is 288 g/mol. The zero-order valence-electron chi connectivity index (χ0n) is 15.2. The monoisotopic (exact) mass is 314 g/mol. The maximum absolute atomic E-state index is 2.30. The van der Waals surface area contributed by atoms with Gasteiger partial charge >= 0.3 is 0 Å². The Bertz CT molecular complexity index is 783. The van der Waals surface area contributed by atoms with Crippen LogP contribution in [-0.2, 0) is 12.8 Å². The fourth-order valence-corrected chi connectivity index (χ4v) is 3.59. The van der Waals surface area contributed by atoms with Crippen molar-refractivity contribution >= 4 is 0 Å². The normalized spacial score (nSPS) is 10.8. The second-order valence-corrected chi connectivity index (χ2v) is 6.43. The number of aryl methyl sites for hydroxylation is 2. The minimum absolute atomic E-state index is 1.06. The van der Waals surface area contributed by atoms with Crippen LogP contribution in [-0.4, -0.2) is 0 Å². The molecule has 0 saturated heterocycles. The number of hydrogen-bond donors (Lipinski definition) is 0. The lowest BCUT2D eigenvalue weighted by molar-refractivity contribution is 1.14. The second kappa shape index (κ2) is 7.05. The van der Waals surface area contributed by atoms with E-state index in [4.69, 9.17) is 0 Å². The summed E-state index contributed by atoms with van der Waals surface area (Å²) in [4.78, 5) is 0. The van der Waals surface area contributed by atoms with Crippen LogP contribution in [0.4, 0.5) is 0 Å². The topological polar surface area (TPSA) is 0 Å². The summed E-state index contributed by atoms with van der Waals surface area (Å²) in [5.41, 5.74) is 11.1. The minimum Gasteiger partial charge on any atom is -0.0620 e. The van der Waals surface area contributed by atoms with Crippen LogP contribution in [0, 0.1) is 13.8 Å². The molecule has 24 heavy (non-hydrogen) atoms. The Kier molecular flexibility index (Phi) is 4.85. The Balaban J connectivity index is 2.17. The van der Waals surface area contributed by atoms with Gasteiger partial charge in [0, 0.05) is 0 Å². The summed E-state index contributed by atoms with van der Waals surface area (Å²) in [7, 11) is 0. The Morgan fingerprint density at radius 2 is 0.875 bits per heavy atom. The first kappa shape index (κ1) is 16.5. The van der Waals surface area contributed by atoms with Gasteiger partial charge in [-0.25, -0.2) is 0 Å². The molecule has 0 nitrogen and oxygen atoms in total. The zero-order chi connectivity index (χ0) is 17.1. The van der Waals surface area contributed by atoms with Crippen LogP contribution in [0.2, 0.25) is 0 Å². The van der Waals surface area contributed by atoms with Crippen molar-refractivity contribution in [1.29, 1.82) is 0 Å². The molecule has 0 heteroatoms. The third-order valence-electron chi connectivity index (χ3n) is 5.16. The first-order chi connectivity index (χ1) is 11.7. The van der Waals surface area contributed by atoms with Crippen molar-refractivity contribution in [2.75, 3.05) is 0 Å². The molecule has 3 aromatic carbocycles. The largest absolute Gasteiger partial charge is 0.0620 e. The van der Waals surface area contributed by atoms with Gasteiger partial charge in [0.1, 0.15) is 0 Å². The smallest absolute Gasteiger partial charge is 0.0149 e. The average Bonchev–Trinajstić information content (AvgIpc) is 2.64. The molecule has 3 rings (SSSR count). The van der Waals surface area contributed by atoms with Crippen LogP contribution in [0.3, 0.4) is 0 Å². The van der Waals surface area contributed by atoms with Gasteiger partial charge in [0.25, 0.3) is 0 Å². The molecule has 3 aromatic rings. The maximum atomic E-state index is 2.30. The molecule has 0 aliphatic rings. The average molecular weight is 314 g/mol. The highest BCUT2D eigenvalue weighted by Crippen LogP contribution is 2.35. The third-order valence-corrected chi connectivity index (χ3v) is 5.16. The van der Waals surface area contributed by atoms with E-state index in [2.05, 4.69) is 88.4 Å². The van der Waals surface area contributed by atoms with Gasteiger partial charge in [-0.3, -0.25) is 0 Å². The van der Waals surface area contributed by atoms with Crippen LogP contribution in [0.25, 0.3) is 22.3 Å². The molecule has 122 valence electrons. The number of rotatable bonds is 4. The first-order valence-corrected chi connectivity index (χ1v) is 8.94. The quantitative estimate of drug-likeness (QED) is 0.499. The van der Waals surface area contributed by atoms with Gasteiger partial charge in [0.15, 0.2) is 0 Å². The van der Waals surface area contributed by atoms with E-state index in [1.165, 1.54) is 44.5 Å². The maximum Gasteiger partial charge on any atom is -0.0149 e. The molecule has 0 unspecified atom stereocenters. The summed E-state index contributed by atoms with van der Waals surface area (Å²) in [5, 5.41) is 0. The summed E-state index contributed by atoms with van der Waals surface area (Å²) in [6, 6.07) is 22.1. The highest BCUT2D eigenvalue weighted by atomic mass is 14.2. The van der Waals surface area contributed by atoms with E-state index < -0.39 is 0 Å². The van der Waals surface area contributed by atoms with E-state index in [1.807, 2.05) is 0 Å². The summed E-state index contributed by atoms with van der Waals surface area (Å²) < 4.78 is 0. The minimum atomic E-state index is 1.06. The van der Waals surface area contributed by atoms with E-state index in [-0.39, 0.29) is 0 Å². The highest BCUT2D eigenvalue weighted by molar-refractivity contribution is 5.79. The molecule has 0 aliphatic carbocycles. The molecule has 0 amide bonds. The van der Waals surface area contributed by atoms with Crippen LogP contribution >= 0.6 is 0 Å². The summed E-state index contributed by atoms with van der Waals surface area (Å²) in [6.45, 7) is 8.98. The highest BCUT2D eigenvalue weighted by Gasteiger charge is 2.13.